The molecule has 3 rings (SSSR count). The summed E-state index contributed by atoms with van der Waals surface area (Å²) in [6.45, 7) is 1.79. The first-order valence-corrected chi connectivity index (χ1v) is 9.67. The van der Waals surface area contributed by atoms with Crippen LogP contribution in [0.4, 0.5) is 0 Å². The molecule has 1 aromatic carbocycles. The van der Waals surface area contributed by atoms with Crippen LogP contribution in [0.2, 0.25) is 0 Å². The van der Waals surface area contributed by atoms with Crippen molar-refractivity contribution < 1.29 is 17.9 Å². The fraction of sp³-hybridized carbons (Fsp3) is 0.412. The number of amides is 1. The van der Waals surface area contributed by atoms with Crippen molar-refractivity contribution in [3.05, 3.63) is 35.5 Å². The van der Waals surface area contributed by atoms with Crippen molar-refractivity contribution in [2.45, 2.75) is 25.8 Å². The topological polar surface area (TPSA) is 85.4 Å². The zero-order valence-corrected chi connectivity index (χ0v) is 14.5. The Labute approximate surface area is 141 Å². The zero-order chi connectivity index (χ0) is 17.3. The maximum absolute atomic E-state index is 12.5. The summed E-state index contributed by atoms with van der Waals surface area (Å²) >= 11 is 0. The maximum Gasteiger partial charge on any atom is 0.253 e. The highest BCUT2D eigenvalue weighted by Gasteiger charge is 2.25. The lowest BCUT2D eigenvalue weighted by Crippen LogP contribution is -2.41. The summed E-state index contributed by atoms with van der Waals surface area (Å²) in [5, 5.41) is 3.79. The number of rotatable bonds is 3. The molecule has 6 nitrogen and oxygen atoms in total. The third-order valence-corrected chi connectivity index (χ3v) is 6.07. The number of aryl methyl sites for hydroxylation is 1. The van der Waals surface area contributed by atoms with E-state index in [1.54, 1.807) is 14.0 Å². The average Bonchev–Trinajstić information content (AvgIpc) is 2.55. The number of benzene rings is 1. The Balaban J connectivity index is 1.81. The molecule has 1 N–H and O–H groups in total. The largest absolute Gasteiger partial charge is 0.497 e. The predicted molar refractivity (Wildman–Crippen MR) is 92.2 cm³/mol. The lowest BCUT2D eigenvalue weighted by Gasteiger charge is -2.23. The van der Waals surface area contributed by atoms with Crippen LogP contribution in [0.5, 0.6) is 5.75 Å². The Kier molecular flexibility index (Phi) is 4.45. The monoisotopic (exact) mass is 348 g/mol. The number of sulfone groups is 1. The van der Waals surface area contributed by atoms with Gasteiger partial charge < -0.3 is 10.1 Å². The second kappa shape index (κ2) is 6.39. The molecule has 1 aromatic heterocycles. The molecule has 128 valence electrons. The lowest BCUT2D eigenvalue weighted by molar-refractivity contribution is 0.0933. The number of nitrogens with zero attached hydrogens (tertiary/aromatic N) is 1. The standard InChI is InChI=1S/C17H20N2O4S/c1-11-15(9-12-3-4-14(23-2)10-16(12)18-11)17(20)19-13-5-7-24(21,22)8-6-13/h3-4,9-10,13H,5-8H2,1-2H3,(H,19,20). The number of hydrogen-bond donors (Lipinski definition) is 1. The van der Waals surface area contributed by atoms with Gasteiger partial charge in [0.15, 0.2) is 0 Å². The van der Waals surface area contributed by atoms with E-state index < -0.39 is 9.84 Å². The van der Waals surface area contributed by atoms with Gasteiger partial charge in [0, 0.05) is 17.5 Å². The minimum absolute atomic E-state index is 0.105. The molecular weight excluding hydrogens is 328 g/mol. The number of nitrogens with one attached hydrogen (secondary N) is 1. The molecule has 0 saturated carbocycles. The van der Waals surface area contributed by atoms with Crippen molar-refractivity contribution >= 4 is 26.6 Å². The first kappa shape index (κ1) is 16.7. The van der Waals surface area contributed by atoms with Crippen LogP contribution in [-0.2, 0) is 9.84 Å². The minimum atomic E-state index is -2.94. The van der Waals surface area contributed by atoms with Crippen molar-refractivity contribution in [2.24, 2.45) is 0 Å². The lowest BCUT2D eigenvalue weighted by atomic mass is 10.1. The summed E-state index contributed by atoms with van der Waals surface area (Å²) in [4.78, 5) is 17.0. The zero-order valence-electron chi connectivity index (χ0n) is 13.7. The first-order valence-electron chi connectivity index (χ1n) is 7.84. The highest BCUT2D eigenvalue weighted by atomic mass is 32.2. The molecule has 0 spiro atoms. The number of pyridine rings is 1. The molecule has 0 bridgehead atoms. The molecule has 0 unspecified atom stereocenters. The average molecular weight is 348 g/mol. The molecule has 1 aliphatic rings. The smallest absolute Gasteiger partial charge is 0.253 e. The third kappa shape index (κ3) is 3.51. The Morgan fingerprint density at radius 3 is 2.62 bits per heavy atom. The van der Waals surface area contributed by atoms with E-state index in [-0.39, 0.29) is 23.5 Å². The summed E-state index contributed by atoms with van der Waals surface area (Å²) in [7, 11) is -1.34. The van der Waals surface area contributed by atoms with Gasteiger partial charge in [0.05, 0.1) is 35.4 Å². The Hall–Kier alpha value is -2.15. The van der Waals surface area contributed by atoms with E-state index in [2.05, 4.69) is 10.3 Å². The molecule has 1 aliphatic heterocycles. The van der Waals surface area contributed by atoms with Crippen molar-refractivity contribution in [2.75, 3.05) is 18.6 Å². The van der Waals surface area contributed by atoms with E-state index in [0.717, 1.165) is 16.7 Å². The van der Waals surface area contributed by atoms with Crippen LogP contribution in [-0.4, -0.2) is 44.0 Å². The quantitative estimate of drug-likeness (QED) is 0.915. The Bertz CT molecular complexity index is 879. The number of ether oxygens (including phenoxy) is 1. The summed E-state index contributed by atoms with van der Waals surface area (Å²) in [5.74, 6) is 0.774. The molecule has 1 amide bonds. The third-order valence-electron chi connectivity index (χ3n) is 4.35. The van der Waals surface area contributed by atoms with Gasteiger partial charge in [-0.05, 0) is 38.0 Å². The van der Waals surface area contributed by atoms with Crippen LogP contribution in [0.25, 0.3) is 10.9 Å². The van der Waals surface area contributed by atoms with Crippen LogP contribution in [0, 0.1) is 6.92 Å². The molecule has 2 heterocycles. The van der Waals surface area contributed by atoms with Crippen LogP contribution in [0.15, 0.2) is 24.3 Å². The van der Waals surface area contributed by atoms with Crippen molar-refractivity contribution in [3.63, 3.8) is 0 Å². The fourth-order valence-electron chi connectivity index (χ4n) is 2.90. The number of carbonyl (C=O) groups is 1. The van der Waals surface area contributed by atoms with E-state index >= 15 is 0 Å². The van der Waals surface area contributed by atoms with Gasteiger partial charge in [-0.1, -0.05) is 0 Å². The van der Waals surface area contributed by atoms with E-state index in [1.165, 1.54) is 0 Å². The second-order valence-corrected chi connectivity index (χ2v) is 8.38. The minimum Gasteiger partial charge on any atom is -0.497 e. The summed E-state index contributed by atoms with van der Waals surface area (Å²) in [6, 6.07) is 7.23. The molecule has 0 aliphatic carbocycles. The van der Waals surface area contributed by atoms with Gasteiger partial charge in [-0.2, -0.15) is 0 Å². The van der Waals surface area contributed by atoms with Crippen LogP contribution in [0.1, 0.15) is 28.9 Å². The molecule has 0 radical (unpaired) electrons. The Morgan fingerprint density at radius 2 is 1.96 bits per heavy atom. The molecular formula is C17H20N2O4S. The van der Waals surface area contributed by atoms with Gasteiger partial charge in [0.25, 0.3) is 5.91 Å². The number of hydrogen-bond acceptors (Lipinski definition) is 5. The predicted octanol–water partition coefficient (Wildman–Crippen LogP) is 1.86. The summed E-state index contributed by atoms with van der Waals surface area (Å²) in [5.41, 5.74) is 1.92. The fourth-order valence-corrected chi connectivity index (χ4v) is 4.39. The maximum atomic E-state index is 12.5. The van der Waals surface area contributed by atoms with Gasteiger partial charge in [0.2, 0.25) is 0 Å². The van der Waals surface area contributed by atoms with E-state index in [1.807, 2.05) is 24.3 Å². The van der Waals surface area contributed by atoms with Crippen molar-refractivity contribution in [1.29, 1.82) is 0 Å². The normalized spacial score (nSPS) is 17.6. The highest BCUT2D eigenvalue weighted by molar-refractivity contribution is 7.91. The first-order chi connectivity index (χ1) is 11.4. The number of fused-ring (bicyclic) bond motifs is 1. The van der Waals surface area contributed by atoms with Gasteiger partial charge in [-0.25, -0.2) is 8.42 Å². The number of aromatic nitrogens is 1. The Morgan fingerprint density at radius 1 is 1.25 bits per heavy atom. The van der Waals surface area contributed by atoms with Gasteiger partial charge in [0.1, 0.15) is 15.6 Å². The molecule has 1 saturated heterocycles. The van der Waals surface area contributed by atoms with Crippen LogP contribution >= 0.6 is 0 Å². The summed E-state index contributed by atoms with van der Waals surface area (Å²) in [6.07, 6.45) is 0.927. The van der Waals surface area contributed by atoms with Gasteiger partial charge >= 0.3 is 0 Å². The summed E-state index contributed by atoms with van der Waals surface area (Å²) < 4.78 is 28.1. The molecule has 1 fully saturated rings. The number of methoxy groups -OCH3 is 1. The molecule has 24 heavy (non-hydrogen) atoms. The van der Waals surface area contributed by atoms with E-state index in [9.17, 15) is 13.2 Å². The van der Waals surface area contributed by atoms with Gasteiger partial charge in [-0.15, -0.1) is 0 Å². The second-order valence-electron chi connectivity index (χ2n) is 6.08. The van der Waals surface area contributed by atoms with E-state index in [4.69, 9.17) is 4.74 Å². The van der Waals surface area contributed by atoms with E-state index in [0.29, 0.717) is 24.1 Å². The molecule has 0 atom stereocenters. The van der Waals surface area contributed by atoms with Gasteiger partial charge in [-0.3, -0.25) is 9.78 Å². The van der Waals surface area contributed by atoms with Crippen LogP contribution in [0.3, 0.4) is 0 Å². The SMILES string of the molecule is COc1ccc2cc(C(=O)NC3CCS(=O)(=O)CC3)c(C)nc2c1. The van der Waals surface area contributed by atoms with Crippen LogP contribution < -0.4 is 10.1 Å². The van der Waals surface area contributed by atoms with Crippen molar-refractivity contribution in [1.82, 2.24) is 10.3 Å². The highest BCUT2D eigenvalue weighted by Crippen LogP contribution is 2.22. The molecule has 7 heteroatoms. The molecule has 2 aromatic rings. The van der Waals surface area contributed by atoms with Crippen molar-refractivity contribution in [3.8, 4) is 5.75 Å². The number of carbonyl (C=O) groups excluding carboxylic acids is 1.